The van der Waals surface area contributed by atoms with Crippen molar-refractivity contribution in [3.05, 3.63) is 281 Å². The van der Waals surface area contributed by atoms with Crippen LogP contribution in [0.1, 0.15) is 191 Å². The van der Waals surface area contributed by atoms with E-state index in [1.807, 2.05) is 54.6 Å². The molecule has 0 bridgehead atoms. The fourth-order valence-electron chi connectivity index (χ4n) is 14.5. The molecule has 663 valence electrons. The van der Waals surface area contributed by atoms with Crippen LogP contribution in [0.2, 0.25) is 0 Å². The average Bonchev–Trinajstić information content (AvgIpc) is 0.770. The molecule has 22 heteroatoms. The molecular weight excluding hydrogens is 2100 g/mol. The van der Waals surface area contributed by atoms with Gasteiger partial charge in [0.25, 0.3) is 0 Å². The molecule has 0 saturated heterocycles. The largest absolute Gasteiger partial charge is 0.512 e. The number of aromatic carboxylic acids is 1. The average molecular weight is 2220 g/mol. The van der Waals surface area contributed by atoms with Crippen molar-refractivity contribution < 1.29 is 90.0 Å². The molecule has 0 amide bonds. The van der Waals surface area contributed by atoms with Crippen LogP contribution in [0.3, 0.4) is 0 Å². The van der Waals surface area contributed by atoms with E-state index < -0.39 is 5.97 Å². The Kier molecular flexibility index (Phi) is 43.6. The molecule has 126 heavy (non-hydrogen) atoms. The Morgan fingerprint density at radius 2 is 0.857 bits per heavy atom. The predicted molar refractivity (Wildman–Crippen MR) is 496 cm³/mol. The van der Waals surface area contributed by atoms with E-state index in [0.29, 0.717) is 71.5 Å². The Morgan fingerprint density at radius 3 is 1.36 bits per heavy atom. The summed E-state index contributed by atoms with van der Waals surface area (Å²) in [5, 5.41) is 88.3. The Morgan fingerprint density at radius 1 is 0.381 bits per heavy atom. The second-order valence-corrected chi connectivity index (χ2v) is 32.3. The first-order chi connectivity index (χ1) is 59.3. The molecule has 4 heterocycles. The van der Waals surface area contributed by atoms with Gasteiger partial charge in [-0.2, -0.15) is 30.6 Å². The first kappa shape index (κ1) is 104. The van der Waals surface area contributed by atoms with Gasteiger partial charge in [-0.3, -0.25) is 9.59 Å². The Labute approximate surface area is 783 Å². The molecule has 14 aromatic rings. The van der Waals surface area contributed by atoms with Gasteiger partial charge >= 0.3 is 5.97 Å². The Balaban J connectivity index is 0.000000246. The number of fused-ring (bicyclic) bond motifs is 4. The molecule has 0 aliphatic heterocycles. The van der Waals surface area contributed by atoms with Crippen LogP contribution >= 0.6 is 0 Å². The molecular formula is C104H116Ir3N13O6-3. The van der Waals surface area contributed by atoms with Crippen molar-refractivity contribution in [2.45, 2.75) is 188 Å². The van der Waals surface area contributed by atoms with E-state index in [1.54, 1.807) is 26.0 Å². The van der Waals surface area contributed by atoms with Crippen LogP contribution in [0.4, 0.5) is 0 Å². The quantitative estimate of drug-likeness (QED) is 0.0142. The van der Waals surface area contributed by atoms with Crippen molar-refractivity contribution in [2.75, 3.05) is 0 Å². The minimum Gasteiger partial charge on any atom is -0.512 e. The normalized spacial score (nSPS) is 11.1. The zero-order valence-corrected chi connectivity index (χ0v) is 82.2. The monoisotopic (exact) mass is 2220 g/mol. The molecule has 3 N–H and O–H groups in total. The molecule has 0 aliphatic rings. The fourth-order valence-corrected chi connectivity index (χ4v) is 14.5. The first-order valence-corrected chi connectivity index (χ1v) is 42.9. The first-order valence-electron chi connectivity index (χ1n) is 42.9. The number of aromatic nitrogens is 13. The number of nitrogens with zero attached hydrogens (tertiary/aromatic N) is 13. The minimum absolute atomic E-state index is 0. The number of hydrogen-bond donors (Lipinski definition) is 3. The van der Waals surface area contributed by atoms with Gasteiger partial charge in [0.1, 0.15) is 23.2 Å². The molecule has 14 rings (SSSR count). The predicted octanol–water partition coefficient (Wildman–Crippen LogP) is 24.7. The number of pyridine rings is 1. The summed E-state index contributed by atoms with van der Waals surface area (Å²) in [6, 6.07) is 74.6. The second-order valence-electron chi connectivity index (χ2n) is 32.3. The molecule has 0 atom stereocenters. The molecule has 0 fully saturated rings. The maximum atomic E-state index is 12.3. The molecule has 10 aromatic carbocycles. The number of carboxylic acids is 1. The number of aryl methyl sites for hydroxylation is 6. The molecule has 19 nitrogen and oxygen atoms in total. The standard InChI is InChI=1S/C30H17N4.C26H33N4.C18H17N4.C17H32O2.C7H12O2.C6H5NO2.3Ir/c1-3-9-21-17-27-23(15-19(21)7-1)11-5-13-25(27)29-31-33-30(34-32-29)26-14-6-12-24-16-20-8-2-4-10-22(20)18-28(24)26;1-3-5-7-9-11-21-13-17-23(18-14-21)25-27-29-26(30-28-25)24-19-15-22(16-20-24)12-10-8-6-4-2;1-11-5-7-15(9-13(11)3)17-19-21-18(22-20-17)16-8-6-12(2)14(4)10-16;1-10(2)16(11(3)4)14(18)9-15(19)17(12(5)6)13(7)8;1-3-6(8)5-7(9)4-2;8-6(9)5-3-1-2-4-7-5;;;/h1-13,15-18H;13-19H,3-12H2,1-2H3;5-7,9-10H,1-4H3;9-13,16-18H,1-8H3;5,8H,3-4H2,1-2H3;1-4H,(H,8,9);;;/q3*-1;;;;;;. The molecule has 0 unspecified atom stereocenters. The van der Waals surface area contributed by atoms with Crippen LogP contribution in [0.15, 0.2) is 224 Å². The number of ketones is 2. The van der Waals surface area contributed by atoms with E-state index in [4.69, 9.17) is 10.2 Å². The molecule has 3 radical (unpaired) electrons. The van der Waals surface area contributed by atoms with E-state index in [9.17, 15) is 19.5 Å². The number of allylic oxidation sites excluding steroid dienone is 4. The summed E-state index contributed by atoms with van der Waals surface area (Å²) in [5.41, 5.74) is 12.8. The number of rotatable bonds is 27. The SMILES string of the molecule is CC(C)C(C(=O)C=C(O)C(C(C)C)C(C)C)C(C)C.CCC(=O)C=C(O)CC.CCCCCCc1c[c-]c(-c2nnc(-c3ccc(CCCCCC)cc3)nn2)cc1.Cc1c[c-]c(-c2nnc(-c3ccc(C)c(C)c3)nn2)cc1C.O=C(O)c1ccccn1.[Ir].[Ir].[Ir].[c-]1ccc2cc3ccccc3cc2c1-c1nnc(-c2cccc3cc4ccccc4cc23)nn1. The topological polar surface area (TPSA) is 279 Å². The summed E-state index contributed by atoms with van der Waals surface area (Å²) in [5.74, 6) is 3.88. The second kappa shape index (κ2) is 52.9. The van der Waals surface area contributed by atoms with Crippen LogP contribution < -0.4 is 0 Å². The van der Waals surface area contributed by atoms with Crippen LogP contribution in [0.5, 0.6) is 0 Å². The van der Waals surface area contributed by atoms with E-state index in [1.165, 1.54) is 125 Å². The Bertz CT molecular complexity index is 5520. The summed E-state index contributed by atoms with van der Waals surface area (Å²) in [7, 11) is 0. The number of carbonyl (C=O) groups is 3. The van der Waals surface area contributed by atoms with Gasteiger partial charge < -0.3 is 15.3 Å². The third-order valence-electron chi connectivity index (χ3n) is 21.5. The molecule has 4 aromatic heterocycles. The summed E-state index contributed by atoms with van der Waals surface area (Å²) < 4.78 is 0. The number of aliphatic hydroxyl groups is 2. The minimum atomic E-state index is -0.990. The van der Waals surface area contributed by atoms with Crippen molar-refractivity contribution in [1.82, 2.24) is 66.2 Å². The van der Waals surface area contributed by atoms with Crippen LogP contribution in [0.25, 0.3) is 111 Å². The van der Waals surface area contributed by atoms with Crippen LogP contribution in [-0.2, 0) is 82.7 Å². The van der Waals surface area contributed by atoms with Crippen LogP contribution in [-0.4, -0.2) is 99.0 Å². The third-order valence-corrected chi connectivity index (χ3v) is 21.5. The van der Waals surface area contributed by atoms with E-state index >= 15 is 0 Å². The molecule has 0 saturated carbocycles. The van der Waals surface area contributed by atoms with Gasteiger partial charge in [0, 0.05) is 120 Å². The van der Waals surface area contributed by atoms with E-state index in [-0.39, 0.29) is 101 Å². The number of unbranched alkanes of at least 4 members (excludes halogenated alkanes) is 6. The van der Waals surface area contributed by atoms with Gasteiger partial charge in [-0.1, -0.05) is 281 Å². The fraction of sp³-hybridized carbons (Fsp3) is 0.327. The van der Waals surface area contributed by atoms with Gasteiger partial charge in [0.05, 0.1) is 11.5 Å². The van der Waals surface area contributed by atoms with E-state index in [2.05, 4.69) is 303 Å². The van der Waals surface area contributed by atoms with Crippen LogP contribution in [0, 0.1) is 81.4 Å². The van der Waals surface area contributed by atoms with Gasteiger partial charge in [-0.15, -0.1) is 124 Å². The summed E-state index contributed by atoms with van der Waals surface area (Å²) in [6.45, 7) is 32.9. The number of carbonyl (C=O) groups excluding carboxylic acids is 2. The zero-order chi connectivity index (χ0) is 88.5. The summed E-state index contributed by atoms with van der Waals surface area (Å²) >= 11 is 0. The van der Waals surface area contributed by atoms with Crippen molar-refractivity contribution in [3.63, 3.8) is 0 Å². The maximum absolute atomic E-state index is 12.3. The summed E-state index contributed by atoms with van der Waals surface area (Å²) in [6.07, 6.45) is 17.6. The smallest absolute Gasteiger partial charge is 0.354 e. The molecule has 0 spiro atoms. The van der Waals surface area contributed by atoms with Crippen molar-refractivity contribution >= 4 is 60.6 Å². The third kappa shape index (κ3) is 30.7. The van der Waals surface area contributed by atoms with Gasteiger partial charge in [0.15, 0.2) is 11.6 Å². The van der Waals surface area contributed by atoms with Gasteiger partial charge in [-0.05, 0) is 130 Å². The van der Waals surface area contributed by atoms with Crippen molar-refractivity contribution in [1.29, 1.82) is 0 Å². The number of aliphatic hydroxyl groups excluding tert-OH is 2. The van der Waals surface area contributed by atoms with E-state index in [0.717, 1.165) is 73.2 Å². The summed E-state index contributed by atoms with van der Waals surface area (Å²) in [4.78, 5) is 36.6. The Hall–Kier alpha value is -11.0. The zero-order valence-electron chi connectivity index (χ0n) is 75.0. The van der Waals surface area contributed by atoms with Crippen molar-refractivity contribution in [3.8, 4) is 68.3 Å². The van der Waals surface area contributed by atoms with Crippen molar-refractivity contribution in [2.24, 2.45) is 35.5 Å². The molecule has 0 aliphatic carbocycles. The number of benzene rings is 10. The maximum Gasteiger partial charge on any atom is 0.354 e. The van der Waals surface area contributed by atoms with Gasteiger partial charge in [0.2, 0.25) is 17.5 Å². The number of hydrogen-bond acceptors (Lipinski definition) is 18. The number of carboxylic acid groups (broad SMARTS) is 1. The van der Waals surface area contributed by atoms with Gasteiger partial charge in [-0.25, -0.2) is 9.78 Å².